The number of Topliss-reactive ketones (excluding diaryl/α,β-unsaturated/α-hetero) is 1. The molecular formula is C22H30O5. The molecule has 27 heavy (non-hydrogen) atoms. The lowest BCUT2D eigenvalue weighted by atomic mass is 9.55. The maximum atomic E-state index is 13.4. The van der Waals surface area contributed by atoms with E-state index in [-0.39, 0.29) is 23.7 Å². The fourth-order valence-electron chi connectivity index (χ4n) is 4.89. The Kier molecular flexibility index (Phi) is 5.52. The minimum Gasteiger partial charge on any atom is -0.496 e. The Bertz CT molecular complexity index is 753. The summed E-state index contributed by atoms with van der Waals surface area (Å²) in [6.45, 7) is 4.15. The van der Waals surface area contributed by atoms with E-state index < -0.39 is 5.41 Å². The minimum absolute atomic E-state index is 0.157. The lowest BCUT2D eigenvalue weighted by Crippen LogP contribution is -2.50. The van der Waals surface area contributed by atoms with E-state index in [0.29, 0.717) is 30.1 Å². The zero-order valence-corrected chi connectivity index (χ0v) is 16.9. The number of hydrogen-bond donors (Lipinski definition) is 1. The first-order valence-corrected chi connectivity index (χ1v) is 9.59. The standard InChI is InChI=1S/C22H30O5/c1-13-16-7-6-14(21(24)22(16,2)9-8-17(13)23)10-15-11-19(26-4)20(27-5)12-18(15)25-3/h10-13,16-17,23H,6-9H2,1-5H3/b14-10+/t13-,16?,17?,22-/m0/s1. The zero-order valence-electron chi connectivity index (χ0n) is 16.9. The third-order valence-electron chi connectivity index (χ3n) is 6.62. The zero-order chi connectivity index (χ0) is 19.8. The van der Waals surface area contributed by atoms with Crippen LogP contribution >= 0.6 is 0 Å². The van der Waals surface area contributed by atoms with Crippen LogP contribution in [0.5, 0.6) is 17.2 Å². The lowest BCUT2D eigenvalue weighted by Gasteiger charge is -2.49. The van der Waals surface area contributed by atoms with E-state index in [4.69, 9.17) is 14.2 Å². The molecule has 5 nitrogen and oxygen atoms in total. The molecule has 2 saturated carbocycles. The van der Waals surface area contributed by atoms with Crippen LogP contribution in [0.1, 0.15) is 45.1 Å². The van der Waals surface area contributed by atoms with Gasteiger partial charge in [0.25, 0.3) is 0 Å². The van der Waals surface area contributed by atoms with Crippen molar-refractivity contribution in [1.29, 1.82) is 0 Å². The molecule has 0 aromatic heterocycles. The molecule has 0 bridgehead atoms. The molecule has 4 atom stereocenters. The van der Waals surface area contributed by atoms with Crippen LogP contribution in [-0.2, 0) is 4.79 Å². The van der Waals surface area contributed by atoms with Gasteiger partial charge in [-0.1, -0.05) is 13.8 Å². The van der Waals surface area contributed by atoms with Gasteiger partial charge < -0.3 is 19.3 Å². The number of carbonyl (C=O) groups excluding carboxylic acids is 1. The van der Waals surface area contributed by atoms with Crippen molar-refractivity contribution in [3.63, 3.8) is 0 Å². The number of rotatable bonds is 4. The van der Waals surface area contributed by atoms with Crippen molar-refractivity contribution in [3.8, 4) is 17.2 Å². The van der Waals surface area contributed by atoms with Crippen LogP contribution in [0.15, 0.2) is 17.7 Å². The van der Waals surface area contributed by atoms with E-state index in [1.807, 2.05) is 12.1 Å². The van der Waals surface area contributed by atoms with Gasteiger partial charge in [-0.15, -0.1) is 0 Å². The van der Waals surface area contributed by atoms with E-state index in [0.717, 1.165) is 24.0 Å². The average molecular weight is 374 g/mol. The first-order chi connectivity index (χ1) is 12.8. The van der Waals surface area contributed by atoms with E-state index in [9.17, 15) is 9.90 Å². The number of methoxy groups -OCH3 is 3. The van der Waals surface area contributed by atoms with Gasteiger partial charge in [-0.25, -0.2) is 0 Å². The summed E-state index contributed by atoms with van der Waals surface area (Å²) in [6.07, 6.45) is 4.69. The summed E-state index contributed by atoms with van der Waals surface area (Å²) < 4.78 is 16.2. The highest BCUT2D eigenvalue weighted by Crippen LogP contribution is 2.52. The van der Waals surface area contributed by atoms with E-state index >= 15 is 0 Å². The molecule has 2 unspecified atom stereocenters. The van der Waals surface area contributed by atoms with Crippen molar-refractivity contribution in [3.05, 3.63) is 23.3 Å². The number of carbonyl (C=O) groups is 1. The number of benzene rings is 1. The van der Waals surface area contributed by atoms with Crippen molar-refractivity contribution < 1.29 is 24.1 Å². The maximum absolute atomic E-state index is 13.4. The van der Waals surface area contributed by atoms with Crippen molar-refractivity contribution in [2.75, 3.05) is 21.3 Å². The van der Waals surface area contributed by atoms with Gasteiger partial charge in [-0.3, -0.25) is 4.79 Å². The summed E-state index contributed by atoms with van der Waals surface area (Å²) >= 11 is 0. The van der Waals surface area contributed by atoms with Crippen LogP contribution in [0, 0.1) is 17.3 Å². The summed E-state index contributed by atoms with van der Waals surface area (Å²) in [6, 6.07) is 3.63. The molecule has 0 saturated heterocycles. The summed E-state index contributed by atoms with van der Waals surface area (Å²) in [7, 11) is 4.78. The van der Waals surface area contributed by atoms with Crippen LogP contribution in [0.2, 0.25) is 0 Å². The SMILES string of the molecule is COc1cc(OC)c(OC)cc1/C=C1\CCC2[C@H](C)C(O)CC[C@]2(C)C1=O. The van der Waals surface area contributed by atoms with Crippen LogP contribution in [0.3, 0.4) is 0 Å². The molecule has 2 fully saturated rings. The number of aliphatic hydroxyl groups excluding tert-OH is 1. The molecule has 2 aliphatic rings. The molecule has 0 heterocycles. The fourth-order valence-corrected chi connectivity index (χ4v) is 4.89. The smallest absolute Gasteiger partial charge is 0.165 e. The fraction of sp³-hybridized carbons (Fsp3) is 0.591. The Hall–Kier alpha value is -2.01. The first kappa shape index (κ1) is 19.7. The Morgan fingerprint density at radius 2 is 1.70 bits per heavy atom. The second-order valence-corrected chi connectivity index (χ2v) is 7.98. The van der Waals surface area contributed by atoms with Gasteiger partial charge in [0, 0.05) is 17.0 Å². The second-order valence-electron chi connectivity index (χ2n) is 7.98. The molecule has 148 valence electrons. The van der Waals surface area contributed by atoms with Gasteiger partial charge in [-0.05, 0) is 55.2 Å². The summed E-state index contributed by atoms with van der Waals surface area (Å²) in [4.78, 5) is 13.4. The van der Waals surface area contributed by atoms with Crippen LogP contribution in [0.4, 0.5) is 0 Å². The van der Waals surface area contributed by atoms with Crippen molar-refractivity contribution in [1.82, 2.24) is 0 Å². The van der Waals surface area contributed by atoms with E-state index in [2.05, 4.69) is 13.8 Å². The topological polar surface area (TPSA) is 65.0 Å². The molecule has 0 radical (unpaired) electrons. The number of aliphatic hydroxyl groups is 1. The normalized spacial score (nSPS) is 32.1. The number of fused-ring (bicyclic) bond motifs is 1. The first-order valence-electron chi connectivity index (χ1n) is 9.59. The Morgan fingerprint density at radius 3 is 2.33 bits per heavy atom. The summed E-state index contributed by atoms with van der Waals surface area (Å²) in [5.74, 6) is 2.44. The Balaban J connectivity index is 1.98. The highest BCUT2D eigenvalue weighted by atomic mass is 16.5. The van der Waals surface area contributed by atoms with Gasteiger partial charge in [0.1, 0.15) is 5.75 Å². The van der Waals surface area contributed by atoms with Crippen molar-refractivity contribution in [2.45, 2.75) is 45.6 Å². The summed E-state index contributed by atoms with van der Waals surface area (Å²) in [5, 5.41) is 10.2. The highest BCUT2D eigenvalue weighted by Gasteiger charge is 2.51. The van der Waals surface area contributed by atoms with Gasteiger partial charge in [0.15, 0.2) is 17.3 Å². The third-order valence-corrected chi connectivity index (χ3v) is 6.62. The Labute approximate surface area is 161 Å². The quantitative estimate of drug-likeness (QED) is 0.811. The van der Waals surface area contributed by atoms with Crippen LogP contribution < -0.4 is 14.2 Å². The monoisotopic (exact) mass is 374 g/mol. The van der Waals surface area contributed by atoms with Crippen LogP contribution in [0.25, 0.3) is 6.08 Å². The number of hydrogen-bond acceptors (Lipinski definition) is 5. The predicted octanol–water partition coefficient (Wildman–Crippen LogP) is 3.87. The van der Waals surface area contributed by atoms with Gasteiger partial charge in [-0.2, -0.15) is 0 Å². The second kappa shape index (κ2) is 7.55. The van der Waals surface area contributed by atoms with Crippen molar-refractivity contribution in [2.24, 2.45) is 17.3 Å². The van der Waals surface area contributed by atoms with Crippen molar-refractivity contribution >= 4 is 11.9 Å². The molecule has 2 aliphatic carbocycles. The molecule has 1 aromatic carbocycles. The largest absolute Gasteiger partial charge is 0.496 e. The van der Waals surface area contributed by atoms with E-state index in [1.165, 1.54) is 0 Å². The maximum Gasteiger partial charge on any atom is 0.165 e. The highest BCUT2D eigenvalue weighted by molar-refractivity contribution is 6.04. The molecule has 0 aliphatic heterocycles. The van der Waals surface area contributed by atoms with E-state index in [1.54, 1.807) is 27.4 Å². The minimum atomic E-state index is -0.396. The molecule has 0 amide bonds. The molecule has 0 spiro atoms. The molecule has 5 heteroatoms. The van der Waals surface area contributed by atoms with Gasteiger partial charge in [0.05, 0.1) is 27.4 Å². The number of ketones is 1. The molecule has 1 aromatic rings. The Morgan fingerprint density at radius 1 is 1.07 bits per heavy atom. The predicted molar refractivity (Wildman–Crippen MR) is 104 cm³/mol. The van der Waals surface area contributed by atoms with Crippen LogP contribution in [-0.4, -0.2) is 38.3 Å². The van der Waals surface area contributed by atoms with Gasteiger partial charge >= 0.3 is 0 Å². The molecular weight excluding hydrogens is 344 g/mol. The third kappa shape index (κ3) is 3.33. The average Bonchev–Trinajstić information content (AvgIpc) is 2.68. The summed E-state index contributed by atoms with van der Waals surface area (Å²) in [5.41, 5.74) is 1.24. The van der Waals surface area contributed by atoms with Gasteiger partial charge in [0.2, 0.25) is 0 Å². The number of ether oxygens (including phenoxy) is 3. The molecule has 1 N–H and O–H groups in total. The number of allylic oxidation sites excluding steroid dienone is 1. The lowest BCUT2D eigenvalue weighted by molar-refractivity contribution is -0.137. The molecule has 3 rings (SSSR count).